The summed E-state index contributed by atoms with van der Waals surface area (Å²) < 4.78 is 10.6. The maximum Gasteiger partial charge on any atom is 0.337 e. The van der Waals surface area contributed by atoms with Crippen molar-refractivity contribution < 1.29 is 24.2 Å². The summed E-state index contributed by atoms with van der Waals surface area (Å²) in [7, 11) is 2.53. The lowest BCUT2D eigenvalue weighted by molar-refractivity contribution is -0.137. The van der Waals surface area contributed by atoms with E-state index in [0.29, 0.717) is 10.9 Å². The van der Waals surface area contributed by atoms with Gasteiger partial charge in [0, 0.05) is 0 Å². The second kappa shape index (κ2) is 8.13. The van der Waals surface area contributed by atoms with E-state index in [-0.39, 0.29) is 28.6 Å². The average molecular weight is 366 g/mol. The summed E-state index contributed by atoms with van der Waals surface area (Å²) in [5.41, 5.74) is 0.205. The molecule has 25 heavy (non-hydrogen) atoms. The normalized spacial score (nSPS) is 12.0. The van der Waals surface area contributed by atoms with E-state index >= 15 is 0 Å². The van der Waals surface area contributed by atoms with Crippen LogP contribution in [0.15, 0.2) is 28.2 Å². The fourth-order valence-electron chi connectivity index (χ4n) is 2.16. The fourth-order valence-corrected chi connectivity index (χ4v) is 3.00. The van der Waals surface area contributed by atoms with Crippen molar-refractivity contribution in [1.29, 1.82) is 0 Å². The van der Waals surface area contributed by atoms with Gasteiger partial charge in [-0.05, 0) is 25.1 Å². The van der Waals surface area contributed by atoms with Gasteiger partial charge in [-0.2, -0.15) is 0 Å². The Morgan fingerprint density at radius 2 is 2.04 bits per heavy atom. The minimum atomic E-state index is -0.774. The molecule has 1 N–H and O–H groups in total. The van der Waals surface area contributed by atoms with Crippen molar-refractivity contribution in [2.45, 2.75) is 24.7 Å². The number of thioether (sulfide) groups is 1. The largest absolute Gasteiger partial charge is 0.468 e. The lowest BCUT2D eigenvalue weighted by atomic mass is 10.1. The van der Waals surface area contributed by atoms with Gasteiger partial charge < -0.3 is 14.6 Å². The standard InChI is InChI=1S/C16H18N2O6S/c1-9(19)7-18-14(21)11-5-4-10(15(22)24-3)6-12(11)17-16(18)25-8-13(20)23-2/h4-6,9,19H,7-8H2,1-3H3/t9-/m1/s1. The fraction of sp³-hybridized carbons (Fsp3) is 0.375. The summed E-state index contributed by atoms with van der Waals surface area (Å²) in [4.78, 5) is 40.1. The molecule has 0 aliphatic carbocycles. The third kappa shape index (κ3) is 4.37. The van der Waals surface area contributed by atoms with Crippen molar-refractivity contribution in [3.05, 3.63) is 34.1 Å². The van der Waals surface area contributed by atoms with Gasteiger partial charge >= 0.3 is 11.9 Å². The van der Waals surface area contributed by atoms with Crippen LogP contribution in [0.5, 0.6) is 0 Å². The first-order valence-electron chi connectivity index (χ1n) is 7.38. The van der Waals surface area contributed by atoms with Crippen LogP contribution in [-0.2, 0) is 20.8 Å². The molecular weight excluding hydrogens is 348 g/mol. The van der Waals surface area contributed by atoms with Crippen LogP contribution in [0.25, 0.3) is 10.9 Å². The maximum atomic E-state index is 12.7. The van der Waals surface area contributed by atoms with E-state index in [0.717, 1.165) is 11.8 Å². The molecule has 134 valence electrons. The van der Waals surface area contributed by atoms with Crippen molar-refractivity contribution >= 4 is 34.6 Å². The predicted molar refractivity (Wildman–Crippen MR) is 91.8 cm³/mol. The van der Waals surface area contributed by atoms with Crippen LogP contribution in [0.4, 0.5) is 0 Å². The van der Waals surface area contributed by atoms with E-state index < -0.39 is 18.0 Å². The monoisotopic (exact) mass is 366 g/mol. The highest BCUT2D eigenvalue weighted by Crippen LogP contribution is 2.19. The number of fused-ring (bicyclic) bond motifs is 1. The Kier molecular flexibility index (Phi) is 6.16. The molecule has 0 spiro atoms. The van der Waals surface area contributed by atoms with Crippen molar-refractivity contribution in [2.75, 3.05) is 20.0 Å². The molecule has 1 aromatic heterocycles. The first kappa shape index (κ1) is 18.9. The molecule has 1 heterocycles. The molecule has 1 aromatic carbocycles. The summed E-state index contributed by atoms with van der Waals surface area (Å²) in [6.45, 7) is 1.58. The zero-order valence-electron chi connectivity index (χ0n) is 14.0. The number of nitrogens with zero attached hydrogens (tertiary/aromatic N) is 2. The highest BCUT2D eigenvalue weighted by molar-refractivity contribution is 7.99. The van der Waals surface area contributed by atoms with Crippen LogP contribution >= 0.6 is 11.8 Å². The number of aliphatic hydroxyl groups excluding tert-OH is 1. The molecule has 0 fully saturated rings. The van der Waals surface area contributed by atoms with Gasteiger partial charge in [0.2, 0.25) is 0 Å². The molecule has 0 saturated heterocycles. The number of carbonyl (C=O) groups excluding carboxylic acids is 2. The molecule has 0 aliphatic heterocycles. The smallest absolute Gasteiger partial charge is 0.337 e. The molecule has 0 aliphatic rings. The first-order chi connectivity index (χ1) is 11.9. The van der Waals surface area contributed by atoms with E-state index in [1.807, 2.05) is 0 Å². The molecule has 8 nitrogen and oxygen atoms in total. The summed E-state index contributed by atoms with van der Waals surface area (Å²) in [6, 6.07) is 4.42. The van der Waals surface area contributed by atoms with E-state index in [2.05, 4.69) is 14.5 Å². The minimum Gasteiger partial charge on any atom is -0.468 e. The molecule has 9 heteroatoms. The quantitative estimate of drug-likeness (QED) is 0.455. The SMILES string of the molecule is COC(=O)CSc1nc2cc(C(=O)OC)ccc2c(=O)n1C[C@@H](C)O. The number of benzene rings is 1. The van der Waals surface area contributed by atoms with Crippen LogP contribution in [0, 0.1) is 0 Å². The van der Waals surface area contributed by atoms with Gasteiger partial charge in [0.25, 0.3) is 5.56 Å². The van der Waals surface area contributed by atoms with Crippen molar-refractivity contribution in [1.82, 2.24) is 9.55 Å². The van der Waals surface area contributed by atoms with Gasteiger partial charge in [-0.15, -0.1) is 0 Å². The first-order valence-corrected chi connectivity index (χ1v) is 8.36. The number of rotatable bonds is 6. The van der Waals surface area contributed by atoms with Gasteiger partial charge in [0.1, 0.15) is 0 Å². The number of aliphatic hydroxyl groups is 1. The Labute approximate surface area is 147 Å². The zero-order chi connectivity index (χ0) is 18.6. The molecule has 0 unspecified atom stereocenters. The van der Waals surface area contributed by atoms with Crippen LogP contribution in [-0.4, -0.2) is 52.7 Å². The zero-order valence-corrected chi connectivity index (χ0v) is 14.8. The van der Waals surface area contributed by atoms with Crippen molar-refractivity contribution in [3.63, 3.8) is 0 Å². The highest BCUT2D eigenvalue weighted by atomic mass is 32.2. The molecule has 0 radical (unpaired) electrons. The Morgan fingerprint density at radius 3 is 2.64 bits per heavy atom. The molecule has 0 amide bonds. The third-order valence-electron chi connectivity index (χ3n) is 3.33. The van der Waals surface area contributed by atoms with Crippen molar-refractivity contribution in [2.24, 2.45) is 0 Å². The molecule has 0 bridgehead atoms. The molecular formula is C16H18N2O6S. The number of esters is 2. The average Bonchev–Trinajstić information content (AvgIpc) is 2.60. The Balaban J connectivity index is 2.58. The van der Waals surface area contributed by atoms with Gasteiger partial charge in [0.05, 0.1) is 49.1 Å². The summed E-state index contributed by atoms with van der Waals surface area (Å²) in [5.74, 6) is -1.04. The maximum absolute atomic E-state index is 12.7. The Morgan fingerprint density at radius 1 is 1.32 bits per heavy atom. The number of hydrogen-bond acceptors (Lipinski definition) is 8. The number of hydrogen-bond donors (Lipinski definition) is 1. The minimum absolute atomic E-state index is 0.0318. The molecule has 0 saturated carbocycles. The van der Waals surface area contributed by atoms with E-state index in [9.17, 15) is 19.5 Å². The van der Waals surface area contributed by atoms with Crippen LogP contribution in [0.2, 0.25) is 0 Å². The van der Waals surface area contributed by atoms with Gasteiger partial charge in [0.15, 0.2) is 5.16 Å². The van der Waals surface area contributed by atoms with Gasteiger partial charge in [-0.25, -0.2) is 9.78 Å². The lowest BCUT2D eigenvalue weighted by Crippen LogP contribution is -2.28. The van der Waals surface area contributed by atoms with Gasteiger partial charge in [-0.1, -0.05) is 11.8 Å². The second-order valence-corrected chi connectivity index (χ2v) is 6.19. The summed E-state index contributed by atoms with van der Waals surface area (Å²) in [5, 5.41) is 10.2. The third-order valence-corrected chi connectivity index (χ3v) is 4.28. The number of methoxy groups -OCH3 is 2. The van der Waals surface area contributed by atoms with Crippen LogP contribution in [0.3, 0.4) is 0 Å². The Hall–Kier alpha value is -2.39. The second-order valence-electron chi connectivity index (χ2n) is 5.25. The van der Waals surface area contributed by atoms with Gasteiger partial charge in [-0.3, -0.25) is 14.2 Å². The van der Waals surface area contributed by atoms with E-state index in [1.165, 1.54) is 37.0 Å². The molecule has 1 atom stereocenters. The van der Waals surface area contributed by atoms with E-state index in [4.69, 9.17) is 0 Å². The van der Waals surface area contributed by atoms with E-state index in [1.54, 1.807) is 6.92 Å². The van der Waals surface area contributed by atoms with Crippen molar-refractivity contribution in [3.8, 4) is 0 Å². The predicted octanol–water partition coefficient (Wildman–Crippen LogP) is 0.829. The molecule has 2 rings (SSSR count). The number of ether oxygens (including phenoxy) is 2. The van der Waals surface area contributed by atoms with Crippen LogP contribution < -0.4 is 5.56 Å². The number of aromatic nitrogens is 2. The highest BCUT2D eigenvalue weighted by Gasteiger charge is 2.16. The molecule has 2 aromatic rings. The number of carbonyl (C=O) groups is 2. The lowest BCUT2D eigenvalue weighted by Gasteiger charge is -2.14. The summed E-state index contributed by atoms with van der Waals surface area (Å²) in [6.07, 6.45) is -0.774. The van der Waals surface area contributed by atoms with Crippen LogP contribution in [0.1, 0.15) is 17.3 Å². The Bertz CT molecular complexity index is 862. The summed E-state index contributed by atoms with van der Waals surface area (Å²) >= 11 is 1.02. The topological polar surface area (TPSA) is 108 Å².